The molecule has 1 heterocycles. The lowest BCUT2D eigenvalue weighted by Crippen LogP contribution is -1.96. The highest BCUT2D eigenvalue weighted by Crippen LogP contribution is 2.33. The van der Waals surface area contributed by atoms with Crippen molar-refractivity contribution < 1.29 is 14.4 Å². The van der Waals surface area contributed by atoms with Gasteiger partial charge in [0.15, 0.2) is 11.5 Å². The molecule has 0 fully saturated rings. The lowest BCUT2D eigenvalue weighted by atomic mass is 10.3. The van der Waals surface area contributed by atoms with Crippen LogP contribution in [0.4, 0.5) is 11.5 Å². The SMILES string of the molecule is COc1ccc([N+](=O)[O-])cc1Oc1cnc(N)cn1. The number of non-ortho nitro benzene ring substituents is 1. The molecule has 0 saturated heterocycles. The van der Waals surface area contributed by atoms with Crippen LogP contribution in [0.25, 0.3) is 0 Å². The molecular weight excluding hydrogens is 252 g/mol. The molecule has 8 nitrogen and oxygen atoms in total. The smallest absolute Gasteiger partial charge is 0.273 e. The Bertz CT molecular complexity index is 600. The summed E-state index contributed by atoms with van der Waals surface area (Å²) in [6, 6.07) is 4.01. The highest BCUT2D eigenvalue weighted by atomic mass is 16.6. The Hall–Kier alpha value is -2.90. The first-order valence-corrected chi connectivity index (χ1v) is 5.18. The molecule has 1 aromatic carbocycles. The number of ether oxygens (including phenoxy) is 2. The van der Waals surface area contributed by atoms with Gasteiger partial charge in [-0.3, -0.25) is 10.1 Å². The van der Waals surface area contributed by atoms with Crippen molar-refractivity contribution in [3.05, 3.63) is 40.7 Å². The normalized spacial score (nSPS) is 9.95. The molecule has 0 aliphatic carbocycles. The Morgan fingerprint density at radius 3 is 2.63 bits per heavy atom. The third kappa shape index (κ3) is 2.86. The zero-order chi connectivity index (χ0) is 13.8. The lowest BCUT2D eigenvalue weighted by molar-refractivity contribution is -0.384. The number of aromatic nitrogens is 2. The van der Waals surface area contributed by atoms with E-state index in [9.17, 15) is 10.1 Å². The van der Waals surface area contributed by atoms with Gasteiger partial charge in [-0.15, -0.1) is 0 Å². The Labute approximate surface area is 108 Å². The Morgan fingerprint density at radius 2 is 2.05 bits per heavy atom. The minimum atomic E-state index is -0.527. The lowest BCUT2D eigenvalue weighted by Gasteiger charge is -2.08. The number of nitrogen functional groups attached to an aromatic ring is 1. The van der Waals surface area contributed by atoms with E-state index in [0.29, 0.717) is 5.75 Å². The van der Waals surface area contributed by atoms with Crippen LogP contribution >= 0.6 is 0 Å². The molecule has 2 rings (SSSR count). The third-order valence-electron chi connectivity index (χ3n) is 2.22. The van der Waals surface area contributed by atoms with Gasteiger partial charge in [0.05, 0.1) is 30.5 Å². The molecule has 1 aromatic heterocycles. The molecule has 0 amide bonds. The van der Waals surface area contributed by atoms with E-state index in [1.807, 2.05) is 0 Å². The first kappa shape index (κ1) is 12.6. The monoisotopic (exact) mass is 262 g/mol. The Balaban J connectivity index is 2.34. The number of benzene rings is 1. The zero-order valence-corrected chi connectivity index (χ0v) is 9.94. The van der Waals surface area contributed by atoms with E-state index >= 15 is 0 Å². The first-order chi connectivity index (χ1) is 9.10. The topological polar surface area (TPSA) is 113 Å². The van der Waals surface area contributed by atoms with Crippen molar-refractivity contribution >= 4 is 11.5 Å². The molecule has 8 heteroatoms. The fourth-order valence-electron chi connectivity index (χ4n) is 1.35. The molecule has 0 aliphatic rings. The summed E-state index contributed by atoms with van der Waals surface area (Å²) < 4.78 is 10.4. The predicted molar refractivity (Wildman–Crippen MR) is 66.2 cm³/mol. The predicted octanol–water partition coefficient (Wildman–Crippen LogP) is 1.77. The van der Waals surface area contributed by atoms with Crippen LogP contribution in [0.2, 0.25) is 0 Å². The van der Waals surface area contributed by atoms with Gasteiger partial charge in [-0.2, -0.15) is 0 Å². The molecule has 0 bridgehead atoms. The minimum absolute atomic E-state index is 0.112. The summed E-state index contributed by atoms with van der Waals surface area (Å²) in [5, 5.41) is 10.7. The Morgan fingerprint density at radius 1 is 1.26 bits per heavy atom. The second-order valence-corrected chi connectivity index (χ2v) is 3.47. The van der Waals surface area contributed by atoms with Gasteiger partial charge < -0.3 is 15.2 Å². The molecular formula is C11H10N4O4. The molecule has 0 radical (unpaired) electrons. The van der Waals surface area contributed by atoms with Crippen molar-refractivity contribution in [2.45, 2.75) is 0 Å². The van der Waals surface area contributed by atoms with E-state index < -0.39 is 4.92 Å². The number of rotatable bonds is 4. The van der Waals surface area contributed by atoms with Gasteiger partial charge >= 0.3 is 0 Å². The fourth-order valence-corrected chi connectivity index (χ4v) is 1.35. The molecule has 2 N–H and O–H groups in total. The van der Waals surface area contributed by atoms with Crippen LogP contribution in [0.3, 0.4) is 0 Å². The molecule has 0 saturated carbocycles. The summed E-state index contributed by atoms with van der Waals surface area (Å²) >= 11 is 0. The second kappa shape index (κ2) is 5.17. The van der Waals surface area contributed by atoms with Gasteiger partial charge in [0.2, 0.25) is 5.88 Å². The molecule has 2 aromatic rings. The standard InChI is InChI=1S/C11H10N4O4/c1-18-8-3-2-7(15(16)17)4-9(8)19-11-6-13-10(12)5-14-11/h2-6H,1H3,(H2,12,13). The van der Waals surface area contributed by atoms with Crippen molar-refractivity contribution in [1.29, 1.82) is 0 Å². The van der Waals surface area contributed by atoms with E-state index in [0.717, 1.165) is 0 Å². The minimum Gasteiger partial charge on any atom is -0.493 e. The number of nitro benzene ring substituents is 1. The summed E-state index contributed by atoms with van der Waals surface area (Å²) in [6.45, 7) is 0. The van der Waals surface area contributed by atoms with Crippen LogP contribution in [0.15, 0.2) is 30.6 Å². The number of anilines is 1. The van der Waals surface area contributed by atoms with Crippen LogP contribution in [-0.2, 0) is 0 Å². The van der Waals surface area contributed by atoms with Gasteiger partial charge in [0.25, 0.3) is 5.69 Å². The maximum atomic E-state index is 10.7. The van der Waals surface area contributed by atoms with Crippen LogP contribution < -0.4 is 15.2 Å². The van der Waals surface area contributed by atoms with Crippen molar-refractivity contribution in [2.24, 2.45) is 0 Å². The fraction of sp³-hybridized carbons (Fsp3) is 0.0909. The zero-order valence-electron chi connectivity index (χ0n) is 9.94. The number of nitrogens with two attached hydrogens (primary N) is 1. The molecule has 0 aliphatic heterocycles. The summed E-state index contributed by atoms with van der Waals surface area (Å²) in [5.41, 5.74) is 5.28. The number of hydrogen-bond donors (Lipinski definition) is 1. The summed E-state index contributed by atoms with van der Waals surface area (Å²) in [6.07, 6.45) is 2.63. The second-order valence-electron chi connectivity index (χ2n) is 3.47. The van der Waals surface area contributed by atoms with Gasteiger partial charge in [-0.25, -0.2) is 9.97 Å². The Kier molecular flexibility index (Phi) is 3.42. The number of methoxy groups -OCH3 is 1. The first-order valence-electron chi connectivity index (χ1n) is 5.18. The molecule has 0 spiro atoms. The van der Waals surface area contributed by atoms with Gasteiger partial charge in [0.1, 0.15) is 5.82 Å². The maximum absolute atomic E-state index is 10.7. The van der Waals surface area contributed by atoms with E-state index in [-0.39, 0.29) is 23.1 Å². The number of nitrogens with zero attached hydrogens (tertiary/aromatic N) is 3. The summed E-state index contributed by atoms with van der Waals surface area (Å²) in [4.78, 5) is 17.9. The molecule has 0 unspecified atom stereocenters. The largest absolute Gasteiger partial charge is 0.493 e. The van der Waals surface area contributed by atoms with Crippen LogP contribution in [0, 0.1) is 10.1 Å². The van der Waals surface area contributed by atoms with E-state index in [4.69, 9.17) is 15.2 Å². The van der Waals surface area contributed by atoms with E-state index in [2.05, 4.69) is 9.97 Å². The third-order valence-corrected chi connectivity index (χ3v) is 2.22. The highest BCUT2D eigenvalue weighted by Gasteiger charge is 2.13. The van der Waals surface area contributed by atoms with E-state index in [1.54, 1.807) is 0 Å². The molecule has 98 valence electrons. The number of nitro groups is 1. The summed E-state index contributed by atoms with van der Waals surface area (Å²) in [7, 11) is 1.43. The highest BCUT2D eigenvalue weighted by molar-refractivity contribution is 5.49. The quantitative estimate of drug-likeness (QED) is 0.659. The van der Waals surface area contributed by atoms with Crippen molar-refractivity contribution in [2.75, 3.05) is 12.8 Å². The maximum Gasteiger partial charge on any atom is 0.273 e. The molecule has 19 heavy (non-hydrogen) atoms. The van der Waals surface area contributed by atoms with E-state index in [1.165, 1.54) is 37.7 Å². The van der Waals surface area contributed by atoms with Gasteiger partial charge in [-0.05, 0) is 6.07 Å². The van der Waals surface area contributed by atoms with Gasteiger partial charge in [-0.1, -0.05) is 0 Å². The van der Waals surface area contributed by atoms with Gasteiger partial charge in [0, 0.05) is 6.07 Å². The van der Waals surface area contributed by atoms with Crippen LogP contribution in [0.1, 0.15) is 0 Å². The van der Waals surface area contributed by atoms with Crippen LogP contribution in [-0.4, -0.2) is 22.0 Å². The van der Waals surface area contributed by atoms with Crippen LogP contribution in [0.5, 0.6) is 17.4 Å². The molecule has 0 atom stereocenters. The average Bonchev–Trinajstić information content (AvgIpc) is 2.41. The number of hydrogen-bond acceptors (Lipinski definition) is 7. The van der Waals surface area contributed by atoms with Crippen molar-refractivity contribution in [3.63, 3.8) is 0 Å². The average molecular weight is 262 g/mol. The van der Waals surface area contributed by atoms with Crippen molar-refractivity contribution in [1.82, 2.24) is 9.97 Å². The van der Waals surface area contributed by atoms with Crippen molar-refractivity contribution in [3.8, 4) is 17.4 Å². The summed E-state index contributed by atoms with van der Waals surface area (Å²) in [5.74, 6) is 0.936.